The maximum Gasteiger partial charge on any atom is 0.126 e. The summed E-state index contributed by atoms with van der Waals surface area (Å²) in [4.78, 5) is 0. The van der Waals surface area contributed by atoms with E-state index in [2.05, 4.69) is 26.8 Å². The molecular weight excluding hydrogens is 175 g/mol. The van der Waals surface area contributed by atoms with Gasteiger partial charge in [-0.1, -0.05) is 26.8 Å². The molecule has 0 N–H and O–H groups in total. The largest absolute Gasteiger partial charge is 0.207 e. The van der Waals surface area contributed by atoms with Crippen molar-refractivity contribution in [2.45, 2.75) is 40.5 Å². The zero-order valence-electron chi connectivity index (χ0n) is 9.69. The molecule has 0 aliphatic heterocycles. The first-order valence-corrected chi connectivity index (χ1v) is 5.20. The first-order chi connectivity index (χ1) is 6.43. The topological polar surface area (TPSA) is 0 Å². The van der Waals surface area contributed by atoms with Gasteiger partial charge in [-0.2, -0.15) is 0 Å². The second-order valence-corrected chi connectivity index (χ2v) is 4.48. The van der Waals surface area contributed by atoms with Crippen LogP contribution in [0.25, 0.3) is 0 Å². The van der Waals surface area contributed by atoms with E-state index in [9.17, 15) is 4.39 Å². The summed E-state index contributed by atoms with van der Waals surface area (Å²) < 4.78 is 13.5. The van der Waals surface area contributed by atoms with Crippen LogP contribution >= 0.6 is 0 Å². The molecule has 0 fully saturated rings. The summed E-state index contributed by atoms with van der Waals surface area (Å²) >= 11 is 0. The van der Waals surface area contributed by atoms with E-state index in [4.69, 9.17) is 0 Å². The molecule has 1 aromatic rings. The van der Waals surface area contributed by atoms with E-state index in [1.165, 1.54) is 0 Å². The molecule has 0 aromatic heterocycles. The highest BCUT2D eigenvalue weighted by Gasteiger charge is 2.12. The summed E-state index contributed by atoms with van der Waals surface area (Å²) in [6, 6.07) is 3.77. The van der Waals surface area contributed by atoms with Crippen LogP contribution in [-0.4, -0.2) is 0 Å². The molecule has 1 atom stereocenters. The molecule has 1 heteroatoms. The molecule has 0 bridgehead atoms. The zero-order valence-corrected chi connectivity index (χ0v) is 9.69. The molecule has 1 rings (SSSR count). The van der Waals surface area contributed by atoms with E-state index >= 15 is 0 Å². The molecule has 14 heavy (non-hydrogen) atoms. The van der Waals surface area contributed by atoms with Gasteiger partial charge in [-0.25, -0.2) is 4.39 Å². The molecule has 0 aliphatic carbocycles. The van der Waals surface area contributed by atoms with E-state index in [-0.39, 0.29) is 5.82 Å². The lowest BCUT2D eigenvalue weighted by molar-refractivity contribution is 0.528. The van der Waals surface area contributed by atoms with Crippen molar-refractivity contribution >= 4 is 0 Å². The summed E-state index contributed by atoms with van der Waals surface area (Å²) in [5.41, 5.74) is 2.93. The fraction of sp³-hybridized carbons (Fsp3) is 0.538. The van der Waals surface area contributed by atoms with Gasteiger partial charge in [0.2, 0.25) is 0 Å². The molecule has 0 heterocycles. The second-order valence-electron chi connectivity index (χ2n) is 4.48. The van der Waals surface area contributed by atoms with Gasteiger partial charge in [0.05, 0.1) is 0 Å². The molecule has 78 valence electrons. The van der Waals surface area contributed by atoms with Crippen LogP contribution in [0.5, 0.6) is 0 Å². The minimum atomic E-state index is -0.0764. The normalized spacial score (nSPS) is 13.4. The highest BCUT2D eigenvalue weighted by Crippen LogP contribution is 2.26. The fourth-order valence-electron chi connectivity index (χ4n) is 1.49. The molecule has 0 saturated heterocycles. The van der Waals surface area contributed by atoms with Crippen LogP contribution in [0.3, 0.4) is 0 Å². The van der Waals surface area contributed by atoms with Gasteiger partial charge in [0, 0.05) is 0 Å². The standard InChI is InChI=1S/C13H19F/c1-8(2)10(4)12-6-9(3)11(5)13(14)7-12/h6-8,10H,1-5H3. The quantitative estimate of drug-likeness (QED) is 0.661. The Bertz CT molecular complexity index is 303. The van der Waals surface area contributed by atoms with Crippen LogP contribution < -0.4 is 0 Å². The molecule has 0 saturated carbocycles. The number of hydrogen-bond donors (Lipinski definition) is 0. The van der Waals surface area contributed by atoms with Crippen molar-refractivity contribution in [2.24, 2.45) is 5.92 Å². The maximum atomic E-state index is 13.5. The van der Waals surface area contributed by atoms with Crippen molar-refractivity contribution in [1.29, 1.82) is 0 Å². The van der Waals surface area contributed by atoms with Crippen molar-refractivity contribution in [3.8, 4) is 0 Å². The van der Waals surface area contributed by atoms with Crippen LogP contribution in [-0.2, 0) is 0 Å². The third-order valence-corrected chi connectivity index (χ3v) is 3.15. The van der Waals surface area contributed by atoms with Crippen molar-refractivity contribution in [3.05, 3.63) is 34.6 Å². The van der Waals surface area contributed by atoms with Crippen molar-refractivity contribution in [1.82, 2.24) is 0 Å². The molecule has 1 unspecified atom stereocenters. The van der Waals surface area contributed by atoms with Crippen LogP contribution in [0.15, 0.2) is 12.1 Å². The van der Waals surface area contributed by atoms with Crippen LogP contribution in [0.2, 0.25) is 0 Å². The molecule has 0 amide bonds. The van der Waals surface area contributed by atoms with E-state index in [0.29, 0.717) is 11.8 Å². The Morgan fingerprint density at radius 1 is 1.07 bits per heavy atom. The van der Waals surface area contributed by atoms with E-state index in [1.807, 2.05) is 13.8 Å². The lowest BCUT2D eigenvalue weighted by atomic mass is 9.88. The first-order valence-electron chi connectivity index (χ1n) is 5.20. The van der Waals surface area contributed by atoms with Crippen molar-refractivity contribution in [3.63, 3.8) is 0 Å². The summed E-state index contributed by atoms with van der Waals surface area (Å²) in [7, 11) is 0. The first kappa shape index (κ1) is 11.2. The van der Waals surface area contributed by atoms with Crippen molar-refractivity contribution in [2.75, 3.05) is 0 Å². The Morgan fingerprint density at radius 3 is 2.07 bits per heavy atom. The number of aryl methyl sites for hydroxylation is 1. The smallest absolute Gasteiger partial charge is 0.126 e. The second kappa shape index (κ2) is 4.12. The minimum absolute atomic E-state index is 0.0764. The Kier molecular flexibility index (Phi) is 3.30. The van der Waals surface area contributed by atoms with Crippen molar-refractivity contribution < 1.29 is 4.39 Å². The predicted octanol–water partition coefficient (Wildman–Crippen LogP) is 4.20. The third-order valence-electron chi connectivity index (χ3n) is 3.15. The Morgan fingerprint density at radius 2 is 1.64 bits per heavy atom. The summed E-state index contributed by atoms with van der Waals surface area (Å²) in [5, 5.41) is 0. The minimum Gasteiger partial charge on any atom is -0.207 e. The number of benzene rings is 1. The fourth-order valence-corrected chi connectivity index (χ4v) is 1.49. The van der Waals surface area contributed by atoms with E-state index in [0.717, 1.165) is 16.7 Å². The monoisotopic (exact) mass is 194 g/mol. The van der Waals surface area contributed by atoms with Gasteiger partial charge in [0.15, 0.2) is 0 Å². The number of halogens is 1. The Labute approximate surface area is 86.2 Å². The number of rotatable bonds is 2. The van der Waals surface area contributed by atoms with Gasteiger partial charge in [0.1, 0.15) is 5.82 Å². The Hall–Kier alpha value is -0.850. The zero-order chi connectivity index (χ0) is 10.9. The van der Waals surface area contributed by atoms with Gasteiger partial charge < -0.3 is 0 Å². The van der Waals surface area contributed by atoms with E-state index < -0.39 is 0 Å². The molecule has 1 aromatic carbocycles. The lowest BCUT2D eigenvalue weighted by Gasteiger charge is -2.17. The molecule has 0 radical (unpaired) electrons. The Balaban J connectivity index is 3.12. The summed E-state index contributed by atoms with van der Waals surface area (Å²) in [5.74, 6) is 0.896. The summed E-state index contributed by atoms with van der Waals surface area (Å²) in [6.45, 7) is 10.3. The maximum absolute atomic E-state index is 13.5. The molecule has 0 spiro atoms. The lowest BCUT2D eigenvalue weighted by Crippen LogP contribution is -2.04. The van der Waals surface area contributed by atoms with E-state index in [1.54, 1.807) is 6.07 Å². The average Bonchev–Trinajstić information content (AvgIpc) is 2.12. The van der Waals surface area contributed by atoms with Gasteiger partial charge in [-0.05, 0) is 48.4 Å². The van der Waals surface area contributed by atoms with Gasteiger partial charge in [0.25, 0.3) is 0 Å². The molecule has 0 aliphatic rings. The SMILES string of the molecule is Cc1cc(C(C)C(C)C)cc(F)c1C. The average molecular weight is 194 g/mol. The highest BCUT2D eigenvalue weighted by atomic mass is 19.1. The molecule has 0 nitrogen and oxygen atoms in total. The van der Waals surface area contributed by atoms with Gasteiger partial charge in [-0.15, -0.1) is 0 Å². The van der Waals surface area contributed by atoms with Gasteiger partial charge >= 0.3 is 0 Å². The molecular formula is C13H19F. The number of hydrogen-bond acceptors (Lipinski definition) is 0. The van der Waals surface area contributed by atoms with Crippen LogP contribution in [0.4, 0.5) is 4.39 Å². The summed E-state index contributed by atoms with van der Waals surface area (Å²) in [6.07, 6.45) is 0. The van der Waals surface area contributed by atoms with Gasteiger partial charge in [-0.3, -0.25) is 0 Å². The third kappa shape index (κ3) is 2.14. The predicted molar refractivity (Wildman–Crippen MR) is 59.1 cm³/mol. The highest BCUT2D eigenvalue weighted by molar-refractivity contribution is 5.33. The van der Waals surface area contributed by atoms with Crippen LogP contribution in [0.1, 0.15) is 43.4 Å². The van der Waals surface area contributed by atoms with Crippen LogP contribution in [0, 0.1) is 25.6 Å².